The number of Topliss-reactive ketones (excluding diaryl/α,β-unsaturated/α-hetero) is 1. The monoisotopic (exact) mass is 344 g/mol. The highest BCUT2D eigenvalue weighted by Gasteiger charge is 2.18. The maximum atomic E-state index is 12.2. The molecule has 2 rings (SSSR count). The van der Waals surface area contributed by atoms with Gasteiger partial charge in [-0.2, -0.15) is 8.42 Å². The molecule has 0 atom stereocenters. The van der Waals surface area contributed by atoms with Gasteiger partial charge < -0.3 is 4.18 Å². The van der Waals surface area contributed by atoms with Crippen molar-refractivity contribution < 1.29 is 17.4 Å². The van der Waals surface area contributed by atoms with E-state index in [4.69, 9.17) is 27.4 Å². The molecule has 2 aromatic rings. The quantitative estimate of drug-likeness (QED) is 0.622. The van der Waals surface area contributed by atoms with Gasteiger partial charge in [0.2, 0.25) is 0 Å². The standard InChI is InChI=1S/C14H10Cl2O4S/c1-9(17)10-3-2-4-12(7-10)21(18,19)20-11-5-6-13(15)14(16)8-11/h2-8H,1H3. The highest BCUT2D eigenvalue weighted by Crippen LogP contribution is 2.28. The van der Waals surface area contributed by atoms with Crippen LogP contribution in [-0.4, -0.2) is 14.2 Å². The van der Waals surface area contributed by atoms with Crippen molar-refractivity contribution >= 4 is 39.1 Å². The molecule has 110 valence electrons. The van der Waals surface area contributed by atoms with E-state index in [0.29, 0.717) is 5.02 Å². The van der Waals surface area contributed by atoms with Crippen LogP contribution in [0.4, 0.5) is 0 Å². The summed E-state index contributed by atoms with van der Waals surface area (Å²) >= 11 is 11.6. The van der Waals surface area contributed by atoms with E-state index in [9.17, 15) is 13.2 Å². The van der Waals surface area contributed by atoms with E-state index in [0.717, 1.165) is 0 Å². The van der Waals surface area contributed by atoms with Crippen molar-refractivity contribution in [1.29, 1.82) is 0 Å². The summed E-state index contributed by atoms with van der Waals surface area (Å²) in [5.41, 5.74) is 0.286. The summed E-state index contributed by atoms with van der Waals surface area (Å²) in [4.78, 5) is 11.2. The fourth-order valence-electron chi connectivity index (χ4n) is 1.57. The van der Waals surface area contributed by atoms with Gasteiger partial charge in [-0.15, -0.1) is 0 Å². The minimum absolute atomic E-state index is 0.0395. The van der Waals surface area contributed by atoms with Crippen LogP contribution in [-0.2, 0) is 10.1 Å². The van der Waals surface area contributed by atoms with Crippen molar-refractivity contribution in [3.63, 3.8) is 0 Å². The number of rotatable bonds is 4. The minimum Gasteiger partial charge on any atom is -0.379 e. The highest BCUT2D eigenvalue weighted by atomic mass is 35.5. The molecule has 0 aliphatic heterocycles. The zero-order valence-electron chi connectivity index (χ0n) is 10.8. The minimum atomic E-state index is -4.05. The second kappa shape index (κ2) is 6.05. The van der Waals surface area contributed by atoms with Gasteiger partial charge in [-0.3, -0.25) is 4.79 Å². The van der Waals surface area contributed by atoms with Crippen LogP contribution in [0.5, 0.6) is 5.75 Å². The van der Waals surface area contributed by atoms with Crippen LogP contribution in [0, 0.1) is 0 Å². The van der Waals surface area contributed by atoms with E-state index in [1.807, 2.05) is 0 Å². The lowest BCUT2D eigenvalue weighted by atomic mass is 10.2. The van der Waals surface area contributed by atoms with Crippen molar-refractivity contribution in [3.05, 3.63) is 58.1 Å². The molecule has 0 saturated carbocycles. The van der Waals surface area contributed by atoms with E-state index in [2.05, 4.69) is 0 Å². The number of ketones is 1. The van der Waals surface area contributed by atoms with Crippen molar-refractivity contribution in [2.45, 2.75) is 11.8 Å². The molecule has 0 bridgehead atoms. The Balaban J connectivity index is 2.36. The molecule has 0 spiro atoms. The highest BCUT2D eigenvalue weighted by molar-refractivity contribution is 7.87. The van der Waals surface area contributed by atoms with Crippen molar-refractivity contribution in [2.24, 2.45) is 0 Å². The molecule has 2 aromatic carbocycles. The average Bonchev–Trinajstić information content (AvgIpc) is 2.43. The first-order valence-electron chi connectivity index (χ1n) is 5.80. The normalized spacial score (nSPS) is 11.2. The molecular weight excluding hydrogens is 335 g/mol. The van der Waals surface area contributed by atoms with Crippen molar-refractivity contribution in [2.75, 3.05) is 0 Å². The van der Waals surface area contributed by atoms with Gasteiger partial charge in [0.25, 0.3) is 0 Å². The predicted molar refractivity (Wildman–Crippen MR) is 80.7 cm³/mol. The second-order valence-corrected chi connectivity index (χ2v) is 6.56. The van der Waals surface area contributed by atoms with Gasteiger partial charge in [0.15, 0.2) is 5.78 Å². The molecule has 7 heteroatoms. The number of hydrogen-bond donors (Lipinski definition) is 0. The van der Waals surface area contributed by atoms with Crippen LogP contribution in [0.2, 0.25) is 10.0 Å². The molecular formula is C14H10Cl2O4S. The Bertz CT molecular complexity index is 800. The van der Waals surface area contributed by atoms with Crippen molar-refractivity contribution in [1.82, 2.24) is 0 Å². The van der Waals surface area contributed by atoms with E-state index in [1.165, 1.54) is 49.4 Å². The summed E-state index contributed by atoms with van der Waals surface area (Å²) in [6, 6.07) is 9.73. The SMILES string of the molecule is CC(=O)c1cccc(S(=O)(=O)Oc2ccc(Cl)c(Cl)c2)c1. The number of carbonyl (C=O) groups is 1. The first-order chi connectivity index (χ1) is 9.79. The maximum Gasteiger partial charge on any atom is 0.339 e. The molecule has 4 nitrogen and oxygen atoms in total. The molecule has 0 amide bonds. The molecule has 0 radical (unpaired) electrons. The number of halogens is 2. The lowest BCUT2D eigenvalue weighted by Crippen LogP contribution is -2.10. The predicted octanol–water partition coefficient (Wildman–Crippen LogP) is 3.96. The van der Waals surface area contributed by atoms with Crippen LogP contribution in [0.3, 0.4) is 0 Å². The number of benzene rings is 2. The van der Waals surface area contributed by atoms with E-state index in [1.54, 1.807) is 0 Å². The van der Waals surface area contributed by atoms with Crippen LogP contribution < -0.4 is 4.18 Å². The molecule has 0 aliphatic rings. The zero-order valence-corrected chi connectivity index (χ0v) is 13.2. The first kappa shape index (κ1) is 15.8. The van der Waals surface area contributed by atoms with E-state index in [-0.39, 0.29) is 27.0 Å². The fourth-order valence-corrected chi connectivity index (χ4v) is 2.83. The first-order valence-corrected chi connectivity index (χ1v) is 7.96. The Morgan fingerprint density at radius 1 is 1.05 bits per heavy atom. The van der Waals surface area contributed by atoms with E-state index < -0.39 is 10.1 Å². The molecule has 0 heterocycles. The summed E-state index contributed by atoms with van der Waals surface area (Å²) in [7, 11) is -4.05. The second-order valence-electron chi connectivity index (χ2n) is 4.20. The molecule has 0 N–H and O–H groups in total. The summed E-state index contributed by atoms with van der Waals surface area (Å²) in [5.74, 6) is -0.195. The number of carbonyl (C=O) groups excluding carboxylic acids is 1. The average molecular weight is 345 g/mol. The topological polar surface area (TPSA) is 60.4 Å². The van der Waals surface area contributed by atoms with Crippen LogP contribution in [0.15, 0.2) is 47.4 Å². The van der Waals surface area contributed by atoms with Gasteiger partial charge in [-0.1, -0.05) is 35.3 Å². The summed E-state index contributed by atoms with van der Waals surface area (Å²) < 4.78 is 29.3. The summed E-state index contributed by atoms with van der Waals surface area (Å²) in [5, 5.41) is 0.474. The Morgan fingerprint density at radius 2 is 1.76 bits per heavy atom. The molecule has 21 heavy (non-hydrogen) atoms. The molecule has 0 aliphatic carbocycles. The Kier molecular flexibility index (Phi) is 4.56. The van der Waals surface area contributed by atoms with Crippen molar-refractivity contribution in [3.8, 4) is 5.75 Å². The molecule has 0 aromatic heterocycles. The smallest absolute Gasteiger partial charge is 0.339 e. The van der Waals surface area contributed by atoms with Gasteiger partial charge in [0.1, 0.15) is 10.6 Å². The third-order valence-corrected chi connectivity index (χ3v) is 4.61. The van der Waals surface area contributed by atoms with Gasteiger partial charge in [0.05, 0.1) is 10.0 Å². The lowest BCUT2D eigenvalue weighted by Gasteiger charge is -2.08. The Labute approximate surface area is 132 Å². The Hall–Kier alpha value is -1.56. The van der Waals surface area contributed by atoms with E-state index >= 15 is 0 Å². The van der Waals surface area contributed by atoms with Gasteiger partial charge in [-0.05, 0) is 31.2 Å². The number of hydrogen-bond acceptors (Lipinski definition) is 4. The Morgan fingerprint density at radius 3 is 2.38 bits per heavy atom. The van der Waals surface area contributed by atoms with Gasteiger partial charge in [-0.25, -0.2) is 0 Å². The lowest BCUT2D eigenvalue weighted by molar-refractivity contribution is 0.101. The van der Waals surface area contributed by atoms with Crippen LogP contribution in [0.25, 0.3) is 0 Å². The molecule has 0 saturated heterocycles. The molecule has 0 fully saturated rings. The van der Waals surface area contributed by atoms with Crippen LogP contribution in [0.1, 0.15) is 17.3 Å². The van der Waals surface area contributed by atoms with Crippen LogP contribution >= 0.6 is 23.2 Å². The fraction of sp³-hybridized carbons (Fsp3) is 0.0714. The van der Waals surface area contributed by atoms with Gasteiger partial charge >= 0.3 is 10.1 Å². The summed E-state index contributed by atoms with van der Waals surface area (Å²) in [6.07, 6.45) is 0. The summed E-state index contributed by atoms with van der Waals surface area (Å²) in [6.45, 7) is 1.35. The maximum absolute atomic E-state index is 12.2. The molecule has 0 unspecified atom stereocenters. The largest absolute Gasteiger partial charge is 0.379 e. The zero-order chi connectivity index (χ0) is 15.6. The third kappa shape index (κ3) is 3.75. The van der Waals surface area contributed by atoms with Gasteiger partial charge in [0, 0.05) is 11.6 Å². The third-order valence-electron chi connectivity index (χ3n) is 2.63.